The average Bonchev–Trinajstić information content (AvgIpc) is 3.35. The minimum Gasteiger partial charge on any atom is -0.462 e. The standard InChI is InChI=1S/C26H21FN4O6/c1-2-36-26(35)16-3-7-19(8-4-16)31-25(34)24(33)29-15-22-12-11-21(37-22)13-17(14-28)23(32)30-20-9-5-18(27)6-10-20/h3-13H,2,15H2,1H3,(H,29,33)(H,30,32)(H,31,34)/b17-13-. The van der Waals surface area contributed by atoms with Gasteiger partial charge < -0.3 is 25.1 Å². The summed E-state index contributed by atoms with van der Waals surface area (Å²) in [5.41, 5.74) is 0.660. The van der Waals surface area contributed by atoms with E-state index in [0.717, 1.165) is 0 Å². The highest BCUT2D eigenvalue weighted by molar-refractivity contribution is 6.39. The minimum atomic E-state index is -0.931. The average molecular weight is 504 g/mol. The SMILES string of the molecule is CCOC(=O)c1ccc(NC(=O)C(=O)NCc2ccc(/C=C(/C#N)C(=O)Nc3ccc(F)cc3)o2)cc1. The predicted octanol–water partition coefficient (Wildman–Crippen LogP) is 3.40. The van der Waals surface area contributed by atoms with Gasteiger partial charge in [-0.3, -0.25) is 14.4 Å². The van der Waals surface area contributed by atoms with Gasteiger partial charge in [0.05, 0.1) is 18.7 Å². The molecule has 37 heavy (non-hydrogen) atoms. The number of nitrogens with zero attached hydrogens (tertiary/aromatic N) is 1. The van der Waals surface area contributed by atoms with E-state index in [2.05, 4.69) is 16.0 Å². The van der Waals surface area contributed by atoms with Crippen molar-refractivity contribution in [3.63, 3.8) is 0 Å². The quantitative estimate of drug-likeness (QED) is 0.184. The fraction of sp³-hybridized carbons (Fsp3) is 0.115. The maximum Gasteiger partial charge on any atom is 0.338 e. The lowest BCUT2D eigenvalue weighted by Crippen LogP contribution is -2.34. The fourth-order valence-corrected chi connectivity index (χ4v) is 2.93. The molecule has 0 saturated carbocycles. The van der Waals surface area contributed by atoms with Gasteiger partial charge in [-0.25, -0.2) is 9.18 Å². The Morgan fingerprint density at radius 2 is 1.54 bits per heavy atom. The maximum absolute atomic E-state index is 13.0. The Kier molecular flexibility index (Phi) is 8.88. The van der Waals surface area contributed by atoms with Crippen molar-refractivity contribution in [3.8, 4) is 6.07 Å². The number of carbonyl (C=O) groups excluding carboxylic acids is 4. The van der Waals surface area contributed by atoms with E-state index >= 15 is 0 Å². The number of nitriles is 1. The number of esters is 1. The molecule has 10 nitrogen and oxygen atoms in total. The van der Waals surface area contributed by atoms with Crippen molar-refractivity contribution in [2.75, 3.05) is 17.2 Å². The van der Waals surface area contributed by atoms with Crippen molar-refractivity contribution in [1.82, 2.24) is 5.32 Å². The van der Waals surface area contributed by atoms with Crippen LogP contribution in [0.15, 0.2) is 70.7 Å². The van der Waals surface area contributed by atoms with Crippen LogP contribution in [0.3, 0.4) is 0 Å². The van der Waals surface area contributed by atoms with E-state index in [0.29, 0.717) is 16.9 Å². The minimum absolute atomic E-state index is 0.133. The van der Waals surface area contributed by atoms with Crippen LogP contribution < -0.4 is 16.0 Å². The highest BCUT2D eigenvalue weighted by atomic mass is 19.1. The van der Waals surface area contributed by atoms with Crippen LogP contribution in [0.5, 0.6) is 0 Å². The zero-order valence-electron chi connectivity index (χ0n) is 19.5. The molecule has 0 atom stereocenters. The van der Waals surface area contributed by atoms with Crippen LogP contribution in [0.25, 0.3) is 6.08 Å². The van der Waals surface area contributed by atoms with Crippen LogP contribution in [0.1, 0.15) is 28.8 Å². The highest BCUT2D eigenvalue weighted by Gasteiger charge is 2.16. The number of halogens is 1. The number of rotatable bonds is 8. The topological polar surface area (TPSA) is 151 Å². The molecule has 0 bridgehead atoms. The van der Waals surface area contributed by atoms with Gasteiger partial charge >= 0.3 is 17.8 Å². The molecule has 0 aliphatic carbocycles. The third-order valence-corrected chi connectivity index (χ3v) is 4.72. The summed E-state index contributed by atoms with van der Waals surface area (Å²) in [7, 11) is 0. The van der Waals surface area contributed by atoms with Crippen molar-refractivity contribution >= 4 is 41.1 Å². The normalized spacial score (nSPS) is 10.7. The molecule has 3 N–H and O–H groups in total. The van der Waals surface area contributed by atoms with Crippen molar-refractivity contribution in [2.45, 2.75) is 13.5 Å². The number of hydrogen-bond acceptors (Lipinski definition) is 7. The first kappa shape index (κ1) is 26.4. The third-order valence-electron chi connectivity index (χ3n) is 4.72. The lowest BCUT2D eigenvalue weighted by molar-refractivity contribution is -0.136. The summed E-state index contributed by atoms with van der Waals surface area (Å²) < 4.78 is 23.4. The van der Waals surface area contributed by atoms with Gasteiger partial charge in [-0.1, -0.05) is 0 Å². The summed E-state index contributed by atoms with van der Waals surface area (Å²) in [5, 5.41) is 16.6. The predicted molar refractivity (Wildman–Crippen MR) is 130 cm³/mol. The first-order chi connectivity index (χ1) is 17.8. The molecule has 11 heteroatoms. The first-order valence-corrected chi connectivity index (χ1v) is 10.9. The van der Waals surface area contributed by atoms with E-state index in [9.17, 15) is 28.8 Å². The summed E-state index contributed by atoms with van der Waals surface area (Å²) in [5.74, 6) is -3.11. The van der Waals surface area contributed by atoms with Crippen LogP contribution in [0, 0.1) is 17.1 Å². The molecule has 2 aromatic carbocycles. The van der Waals surface area contributed by atoms with E-state index in [-0.39, 0.29) is 30.2 Å². The number of anilines is 2. The second kappa shape index (κ2) is 12.5. The number of carbonyl (C=O) groups is 4. The Morgan fingerprint density at radius 3 is 2.16 bits per heavy atom. The van der Waals surface area contributed by atoms with Crippen molar-refractivity contribution in [3.05, 3.63) is 89.1 Å². The molecule has 3 rings (SSSR count). The molecule has 0 aliphatic rings. The van der Waals surface area contributed by atoms with E-state index in [1.54, 1.807) is 13.0 Å². The summed E-state index contributed by atoms with van der Waals surface area (Å²) in [6.07, 6.45) is 1.21. The van der Waals surface area contributed by atoms with Crippen LogP contribution in [0.2, 0.25) is 0 Å². The molecule has 1 heterocycles. The molecule has 0 radical (unpaired) electrons. The van der Waals surface area contributed by atoms with Crippen LogP contribution in [-0.2, 0) is 25.7 Å². The Bertz CT molecular complexity index is 1370. The molecule has 0 spiro atoms. The summed E-state index contributed by atoms with van der Waals surface area (Å²) in [4.78, 5) is 48.2. The van der Waals surface area contributed by atoms with Crippen molar-refractivity contribution in [1.29, 1.82) is 5.26 Å². The second-order valence-electron chi connectivity index (χ2n) is 7.37. The number of hydrogen-bond donors (Lipinski definition) is 3. The molecule has 0 aliphatic heterocycles. The highest BCUT2D eigenvalue weighted by Crippen LogP contribution is 2.15. The number of amides is 3. The molecule has 1 aromatic heterocycles. The number of ether oxygens (including phenoxy) is 1. The Hall–Kier alpha value is -5.24. The number of furan rings is 1. The van der Waals surface area contributed by atoms with Gasteiger partial charge in [0.1, 0.15) is 29.0 Å². The lowest BCUT2D eigenvalue weighted by Gasteiger charge is -2.07. The van der Waals surface area contributed by atoms with Gasteiger partial charge in [-0.05, 0) is 67.6 Å². The van der Waals surface area contributed by atoms with E-state index in [1.165, 1.54) is 66.7 Å². The Balaban J connectivity index is 1.53. The molecule has 188 valence electrons. The number of benzene rings is 2. The molecule has 0 saturated heterocycles. The zero-order valence-corrected chi connectivity index (χ0v) is 19.5. The van der Waals surface area contributed by atoms with Gasteiger partial charge in [0, 0.05) is 17.5 Å². The van der Waals surface area contributed by atoms with Gasteiger partial charge in [-0.15, -0.1) is 0 Å². The first-order valence-electron chi connectivity index (χ1n) is 10.9. The van der Waals surface area contributed by atoms with Gasteiger partial charge in [-0.2, -0.15) is 5.26 Å². The Labute approximate surface area is 210 Å². The monoisotopic (exact) mass is 504 g/mol. The molecular weight excluding hydrogens is 483 g/mol. The smallest absolute Gasteiger partial charge is 0.338 e. The second-order valence-corrected chi connectivity index (χ2v) is 7.37. The van der Waals surface area contributed by atoms with Gasteiger partial charge in [0.25, 0.3) is 5.91 Å². The maximum atomic E-state index is 13.0. The van der Waals surface area contributed by atoms with Crippen LogP contribution in [-0.4, -0.2) is 30.3 Å². The molecule has 0 unspecified atom stereocenters. The molecule has 0 fully saturated rings. The van der Waals surface area contributed by atoms with Crippen LogP contribution in [0.4, 0.5) is 15.8 Å². The zero-order chi connectivity index (χ0) is 26.8. The Morgan fingerprint density at radius 1 is 0.919 bits per heavy atom. The summed E-state index contributed by atoms with van der Waals surface area (Å²) >= 11 is 0. The van der Waals surface area contributed by atoms with Gasteiger partial charge in [0.15, 0.2) is 0 Å². The lowest BCUT2D eigenvalue weighted by atomic mass is 10.2. The van der Waals surface area contributed by atoms with Crippen LogP contribution >= 0.6 is 0 Å². The third kappa shape index (κ3) is 7.63. The van der Waals surface area contributed by atoms with Gasteiger partial charge in [0.2, 0.25) is 0 Å². The van der Waals surface area contributed by atoms with Crippen molar-refractivity contribution in [2.24, 2.45) is 0 Å². The van der Waals surface area contributed by atoms with E-state index in [4.69, 9.17) is 9.15 Å². The summed E-state index contributed by atoms with van der Waals surface area (Å²) in [6.45, 7) is 1.79. The fourth-order valence-electron chi connectivity index (χ4n) is 2.93. The summed E-state index contributed by atoms with van der Waals surface area (Å²) in [6, 6.07) is 15.6. The molecular formula is C26H21FN4O6. The molecule has 3 aromatic rings. The van der Waals surface area contributed by atoms with E-state index in [1.807, 2.05) is 0 Å². The largest absolute Gasteiger partial charge is 0.462 e. The van der Waals surface area contributed by atoms with E-state index < -0.39 is 29.5 Å². The molecule has 3 amide bonds. The van der Waals surface area contributed by atoms with Crippen molar-refractivity contribution < 1.29 is 32.7 Å². The number of nitrogens with one attached hydrogen (secondary N) is 3.